The van der Waals surface area contributed by atoms with E-state index >= 15 is 0 Å². The highest BCUT2D eigenvalue weighted by atomic mass is 35.5. The molecular weight excluding hydrogens is 363 g/mol. The summed E-state index contributed by atoms with van der Waals surface area (Å²) >= 11 is 12.0. The largest absolute Gasteiger partial charge is 0.496 e. The summed E-state index contributed by atoms with van der Waals surface area (Å²) in [7, 11) is 3.08. The normalized spacial score (nSPS) is 15.1. The van der Waals surface area contributed by atoms with E-state index in [-0.39, 0.29) is 11.6 Å². The summed E-state index contributed by atoms with van der Waals surface area (Å²) in [6.07, 6.45) is 1.60. The molecule has 2 aromatic carbocycles. The summed E-state index contributed by atoms with van der Waals surface area (Å²) < 4.78 is 10.7. The quantitative estimate of drug-likeness (QED) is 0.822. The average molecular weight is 377 g/mol. The molecule has 7 heteroatoms. The molecule has 0 unspecified atom stereocenters. The van der Waals surface area contributed by atoms with E-state index in [1.54, 1.807) is 56.7 Å². The van der Waals surface area contributed by atoms with Crippen molar-refractivity contribution in [2.75, 3.05) is 14.2 Å². The van der Waals surface area contributed by atoms with Crippen LogP contribution in [0.3, 0.4) is 0 Å². The van der Waals surface area contributed by atoms with Crippen LogP contribution in [0.1, 0.15) is 11.1 Å². The van der Waals surface area contributed by atoms with E-state index in [9.17, 15) is 4.79 Å². The van der Waals surface area contributed by atoms with Gasteiger partial charge in [0.15, 0.2) is 0 Å². The zero-order valence-electron chi connectivity index (χ0n) is 13.5. The fraction of sp³-hybridized carbons (Fsp3) is 0.111. The molecular formula is C18H14Cl2N2O3. The Morgan fingerprint density at radius 1 is 1.08 bits per heavy atom. The van der Waals surface area contributed by atoms with Gasteiger partial charge < -0.3 is 14.8 Å². The Balaban J connectivity index is 2.05. The predicted molar refractivity (Wildman–Crippen MR) is 98.7 cm³/mol. The molecule has 0 aromatic heterocycles. The fourth-order valence-electron chi connectivity index (χ4n) is 2.44. The first-order valence-corrected chi connectivity index (χ1v) is 8.07. The van der Waals surface area contributed by atoms with Gasteiger partial charge in [0.25, 0.3) is 5.91 Å². The van der Waals surface area contributed by atoms with Gasteiger partial charge in [0.05, 0.1) is 14.2 Å². The van der Waals surface area contributed by atoms with Crippen LogP contribution in [0.5, 0.6) is 11.5 Å². The third-order valence-corrected chi connectivity index (χ3v) is 4.18. The van der Waals surface area contributed by atoms with Crippen molar-refractivity contribution in [1.29, 1.82) is 0 Å². The first kappa shape index (κ1) is 17.3. The standard InChI is InChI=1S/C18H14Cl2N2O3/c1-24-14-4-3-5-15(25-2)16(14)17-21-13(18(23)22-17)8-10-6-7-11(19)9-12(10)20/h3-9H,1-2H3,(H,21,22,23)/b13-8-. The topological polar surface area (TPSA) is 59.9 Å². The van der Waals surface area contributed by atoms with Crippen molar-refractivity contribution in [1.82, 2.24) is 5.32 Å². The molecule has 0 fully saturated rings. The first-order valence-electron chi connectivity index (χ1n) is 7.31. The van der Waals surface area contributed by atoms with Crippen LogP contribution in [-0.4, -0.2) is 26.0 Å². The van der Waals surface area contributed by atoms with Crippen LogP contribution in [0.2, 0.25) is 10.0 Å². The molecule has 0 saturated carbocycles. The third kappa shape index (κ3) is 3.48. The lowest BCUT2D eigenvalue weighted by Gasteiger charge is -2.12. The molecule has 25 heavy (non-hydrogen) atoms. The van der Waals surface area contributed by atoms with Gasteiger partial charge in [-0.1, -0.05) is 35.3 Å². The number of benzene rings is 2. The Hall–Kier alpha value is -2.50. The predicted octanol–water partition coefficient (Wildman–Crippen LogP) is 3.93. The average Bonchev–Trinajstić information content (AvgIpc) is 2.96. The molecule has 3 rings (SSSR count). The molecule has 0 atom stereocenters. The van der Waals surface area contributed by atoms with Gasteiger partial charge in [-0.15, -0.1) is 0 Å². The Morgan fingerprint density at radius 3 is 2.36 bits per heavy atom. The third-order valence-electron chi connectivity index (χ3n) is 3.62. The van der Waals surface area contributed by atoms with Crippen LogP contribution in [0.25, 0.3) is 6.08 Å². The number of ether oxygens (including phenoxy) is 2. The molecule has 1 aliphatic heterocycles. The Kier molecular flexibility index (Phi) is 4.97. The van der Waals surface area contributed by atoms with Crippen LogP contribution in [0, 0.1) is 0 Å². The summed E-state index contributed by atoms with van der Waals surface area (Å²) in [6, 6.07) is 10.4. The number of nitrogens with zero attached hydrogens (tertiary/aromatic N) is 1. The zero-order chi connectivity index (χ0) is 18.0. The van der Waals surface area contributed by atoms with Crippen LogP contribution in [0.15, 0.2) is 47.1 Å². The summed E-state index contributed by atoms with van der Waals surface area (Å²) in [6.45, 7) is 0. The monoisotopic (exact) mass is 376 g/mol. The Morgan fingerprint density at radius 2 is 1.76 bits per heavy atom. The number of amides is 1. The maximum atomic E-state index is 12.3. The van der Waals surface area contributed by atoms with Crippen molar-refractivity contribution < 1.29 is 14.3 Å². The number of methoxy groups -OCH3 is 2. The van der Waals surface area contributed by atoms with E-state index in [2.05, 4.69) is 10.3 Å². The molecule has 5 nitrogen and oxygen atoms in total. The molecule has 1 aliphatic rings. The number of halogens is 2. The van der Waals surface area contributed by atoms with Gasteiger partial charge in [0.2, 0.25) is 0 Å². The van der Waals surface area contributed by atoms with Crippen LogP contribution >= 0.6 is 23.2 Å². The highest BCUT2D eigenvalue weighted by Crippen LogP contribution is 2.31. The molecule has 1 N–H and O–H groups in total. The summed E-state index contributed by atoms with van der Waals surface area (Å²) in [5.41, 5.74) is 1.45. The highest BCUT2D eigenvalue weighted by molar-refractivity contribution is 6.35. The molecule has 0 aliphatic carbocycles. The summed E-state index contributed by atoms with van der Waals surface area (Å²) in [5, 5.41) is 3.69. The lowest BCUT2D eigenvalue weighted by atomic mass is 10.1. The van der Waals surface area contributed by atoms with E-state index in [1.807, 2.05) is 0 Å². The van der Waals surface area contributed by atoms with Gasteiger partial charge in [-0.05, 0) is 35.9 Å². The summed E-state index contributed by atoms with van der Waals surface area (Å²) in [5.74, 6) is 1.11. The molecule has 0 spiro atoms. The molecule has 1 heterocycles. The van der Waals surface area contributed by atoms with Crippen molar-refractivity contribution in [3.63, 3.8) is 0 Å². The van der Waals surface area contributed by atoms with Gasteiger partial charge in [-0.3, -0.25) is 4.79 Å². The molecule has 1 amide bonds. The van der Waals surface area contributed by atoms with E-state index in [4.69, 9.17) is 32.7 Å². The minimum atomic E-state index is -0.339. The second-order valence-corrected chi connectivity index (χ2v) is 5.99. The SMILES string of the molecule is COc1cccc(OC)c1C1=N/C(=C\c2ccc(Cl)cc2Cl)C(=O)N1. The smallest absolute Gasteiger partial charge is 0.275 e. The van der Waals surface area contributed by atoms with Gasteiger partial charge >= 0.3 is 0 Å². The van der Waals surface area contributed by atoms with Gasteiger partial charge in [-0.25, -0.2) is 4.99 Å². The first-order chi connectivity index (χ1) is 12.0. The van der Waals surface area contributed by atoms with Gasteiger partial charge in [-0.2, -0.15) is 0 Å². The highest BCUT2D eigenvalue weighted by Gasteiger charge is 2.26. The Labute approximate surface area is 154 Å². The molecule has 2 aromatic rings. The molecule has 0 saturated heterocycles. The number of carbonyl (C=O) groups is 1. The molecule has 0 bridgehead atoms. The number of aliphatic imine (C=N–C) groups is 1. The zero-order valence-corrected chi connectivity index (χ0v) is 15.0. The Bertz CT molecular complexity index is 885. The van der Waals surface area contributed by atoms with Crippen molar-refractivity contribution >= 4 is 41.0 Å². The second-order valence-electron chi connectivity index (χ2n) is 5.15. The van der Waals surface area contributed by atoms with E-state index in [0.29, 0.717) is 38.5 Å². The minimum Gasteiger partial charge on any atom is -0.496 e. The van der Waals surface area contributed by atoms with Crippen molar-refractivity contribution in [2.24, 2.45) is 4.99 Å². The van der Waals surface area contributed by atoms with Crippen LogP contribution in [-0.2, 0) is 4.79 Å². The van der Waals surface area contributed by atoms with Crippen molar-refractivity contribution in [3.05, 3.63) is 63.3 Å². The van der Waals surface area contributed by atoms with Gasteiger partial charge in [0.1, 0.15) is 28.6 Å². The number of hydrogen-bond acceptors (Lipinski definition) is 4. The number of rotatable bonds is 4. The molecule has 0 radical (unpaired) electrons. The fourth-order valence-corrected chi connectivity index (χ4v) is 2.90. The van der Waals surface area contributed by atoms with Crippen LogP contribution in [0.4, 0.5) is 0 Å². The minimum absolute atomic E-state index is 0.229. The van der Waals surface area contributed by atoms with E-state index < -0.39 is 0 Å². The molecule has 128 valence electrons. The van der Waals surface area contributed by atoms with Crippen molar-refractivity contribution in [2.45, 2.75) is 0 Å². The van der Waals surface area contributed by atoms with Gasteiger partial charge in [0, 0.05) is 10.0 Å². The number of nitrogens with one attached hydrogen (secondary N) is 1. The van der Waals surface area contributed by atoms with E-state index in [1.165, 1.54) is 0 Å². The maximum Gasteiger partial charge on any atom is 0.275 e. The second kappa shape index (κ2) is 7.17. The lowest BCUT2D eigenvalue weighted by molar-refractivity contribution is -0.115. The number of carbonyl (C=O) groups excluding carboxylic acids is 1. The summed E-state index contributed by atoms with van der Waals surface area (Å²) in [4.78, 5) is 16.7. The number of amidine groups is 1. The lowest BCUT2D eigenvalue weighted by Crippen LogP contribution is -2.25. The van der Waals surface area contributed by atoms with Crippen molar-refractivity contribution in [3.8, 4) is 11.5 Å². The maximum absolute atomic E-state index is 12.3. The number of hydrogen-bond donors (Lipinski definition) is 1. The van der Waals surface area contributed by atoms with E-state index in [0.717, 1.165) is 0 Å². The van der Waals surface area contributed by atoms with Crippen LogP contribution < -0.4 is 14.8 Å².